The van der Waals surface area contributed by atoms with E-state index >= 15 is 0 Å². The molecule has 0 aliphatic carbocycles. The van der Waals surface area contributed by atoms with E-state index in [-0.39, 0.29) is 12.0 Å². The number of aliphatic carboxylic acids is 1. The molecule has 1 atom stereocenters. The number of hydrogen-bond donors (Lipinski definition) is 2. The highest BCUT2D eigenvalue weighted by molar-refractivity contribution is 5.91. The Hall–Kier alpha value is -1.88. The third kappa shape index (κ3) is 2.80. The van der Waals surface area contributed by atoms with E-state index in [0.29, 0.717) is 5.56 Å². The summed E-state index contributed by atoms with van der Waals surface area (Å²) in [7, 11) is 1.24. The Morgan fingerprint density at radius 2 is 2.00 bits per heavy atom. The van der Waals surface area contributed by atoms with Gasteiger partial charge in [-0.25, -0.2) is 9.59 Å². The van der Waals surface area contributed by atoms with Gasteiger partial charge in [0.05, 0.1) is 12.7 Å². The van der Waals surface area contributed by atoms with Gasteiger partial charge in [0.1, 0.15) is 0 Å². The van der Waals surface area contributed by atoms with Crippen molar-refractivity contribution in [1.29, 1.82) is 0 Å². The molecule has 5 nitrogen and oxygen atoms in total. The van der Waals surface area contributed by atoms with E-state index in [2.05, 4.69) is 4.74 Å². The summed E-state index contributed by atoms with van der Waals surface area (Å²) < 4.78 is 4.55. The molecule has 1 aromatic rings. The predicted molar refractivity (Wildman–Crippen MR) is 55.1 cm³/mol. The van der Waals surface area contributed by atoms with Gasteiger partial charge in [-0.05, 0) is 11.6 Å². The zero-order chi connectivity index (χ0) is 12.1. The lowest BCUT2D eigenvalue weighted by Crippen LogP contribution is -2.23. The second-order valence-electron chi connectivity index (χ2n) is 3.21. The molecule has 0 saturated carbocycles. The number of hydrogen-bond acceptors (Lipinski definition) is 4. The molecule has 0 aromatic heterocycles. The largest absolute Gasteiger partial charge is 0.479 e. The van der Waals surface area contributed by atoms with E-state index in [1.807, 2.05) is 0 Å². The SMILES string of the molecule is COC(=O)c1ccccc1CC(O)C(=O)O. The number of rotatable bonds is 4. The van der Waals surface area contributed by atoms with E-state index in [0.717, 1.165) is 0 Å². The monoisotopic (exact) mass is 224 g/mol. The van der Waals surface area contributed by atoms with Gasteiger partial charge < -0.3 is 14.9 Å². The summed E-state index contributed by atoms with van der Waals surface area (Å²) >= 11 is 0. The number of carboxylic acid groups (broad SMARTS) is 1. The Balaban J connectivity index is 2.95. The van der Waals surface area contributed by atoms with Crippen molar-refractivity contribution >= 4 is 11.9 Å². The number of carbonyl (C=O) groups is 2. The van der Waals surface area contributed by atoms with Gasteiger partial charge >= 0.3 is 11.9 Å². The van der Waals surface area contributed by atoms with Crippen molar-refractivity contribution in [2.24, 2.45) is 0 Å². The molecule has 0 amide bonds. The van der Waals surface area contributed by atoms with Crippen LogP contribution in [0.5, 0.6) is 0 Å². The second-order valence-corrected chi connectivity index (χ2v) is 3.21. The standard InChI is InChI=1S/C11H12O5/c1-16-11(15)8-5-3-2-4-7(8)6-9(12)10(13)14/h2-5,9,12H,6H2,1H3,(H,13,14). The van der Waals surface area contributed by atoms with Gasteiger partial charge in [0.25, 0.3) is 0 Å². The lowest BCUT2D eigenvalue weighted by Gasteiger charge is -2.09. The van der Waals surface area contributed by atoms with E-state index < -0.39 is 18.0 Å². The van der Waals surface area contributed by atoms with E-state index in [1.54, 1.807) is 18.2 Å². The molecule has 0 aliphatic rings. The fourth-order valence-corrected chi connectivity index (χ4v) is 1.30. The second kappa shape index (κ2) is 5.27. The summed E-state index contributed by atoms with van der Waals surface area (Å²) in [5, 5.41) is 17.8. The maximum atomic E-state index is 11.3. The Morgan fingerprint density at radius 3 is 2.56 bits per heavy atom. The van der Waals surface area contributed by atoms with Crippen LogP contribution in [0.2, 0.25) is 0 Å². The van der Waals surface area contributed by atoms with Gasteiger partial charge in [0.15, 0.2) is 6.10 Å². The fraction of sp³-hybridized carbons (Fsp3) is 0.273. The zero-order valence-electron chi connectivity index (χ0n) is 8.71. The highest BCUT2D eigenvalue weighted by Gasteiger charge is 2.18. The summed E-state index contributed by atoms with van der Waals surface area (Å²) in [6, 6.07) is 6.41. The molecule has 16 heavy (non-hydrogen) atoms. The van der Waals surface area contributed by atoms with Crippen LogP contribution < -0.4 is 0 Å². The van der Waals surface area contributed by atoms with Crippen LogP contribution in [0.1, 0.15) is 15.9 Å². The molecular weight excluding hydrogens is 212 g/mol. The highest BCUT2D eigenvalue weighted by atomic mass is 16.5. The average molecular weight is 224 g/mol. The number of carboxylic acids is 1. The summed E-state index contributed by atoms with van der Waals surface area (Å²) in [4.78, 5) is 21.8. The van der Waals surface area contributed by atoms with Gasteiger partial charge in [-0.1, -0.05) is 18.2 Å². The van der Waals surface area contributed by atoms with E-state index in [4.69, 9.17) is 5.11 Å². The number of esters is 1. The predicted octanol–water partition coefficient (Wildman–Crippen LogP) is 0.461. The summed E-state index contributed by atoms with van der Waals surface area (Å²) in [6.45, 7) is 0. The molecule has 5 heteroatoms. The molecular formula is C11H12O5. The minimum absolute atomic E-state index is 0.124. The van der Waals surface area contributed by atoms with Crippen LogP contribution in [0, 0.1) is 0 Å². The molecule has 0 heterocycles. The number of ether oxygens (including phenoxy) is 1. The van der Waals surface area contributed by atoms with Crippen LogP contribution in [0.3, 0.4) is 0 Å². The lowest BCUT2D eigenvalue weighted by atomic mass is 10.0. The summed E-state index contributed by atoms with van der Waals surface area (Å²) in [5.41, 5.74) is 0.717. The van der Waals surface area contributed by atoms with Crippen LogP contribution in [-0.2, 0) is 16.0 Å². The van der Waals surface area contributed by atoms with Crippen LogP contribution in [0.4, 0.5) is 0 Å². The Morgan fingerprint density at radius 1 is 1.38 bits per heavy atom. The quantitative estimate of drug-likeness (QED) is 0.726. The van der Waals surface area contributed by atoms with Gasteiger partial charge in [0.2, 0.25) is 0 Å². The number of carbonyl (C=O) groups excluding carboxylic acids is 1. The van der Waals surface area contributed by atoms with E-state index in [9.17, 15) is 14.7 Å². The minimum Gasteiger partial charge on any atom is -0.479 e. The number of aliphatic hydroxyl groups excluding tert-OH is 1. The Bertz CT molecular complexity index is 399. The van der Waals surface area contributed by atoms with Gasteiger partial charge in [-0.3, -0.25) is 0 Å². The van der Waals surface area contributed by atoms with Crippen molar-refractivity contribution in [3.8, 4) is 0 Å². The molecule has 0 saturated heterocycles. The molecule has 0 fully saturated rings. The molecule has 0 spiro atoms. The normalized spacial score (nSPS) is 11.9. The van der Waals surface area contributed by atoms with Crippen molar-refractivity contribution < 1.29 is 24.5 Å². The van der Waals surface area contributed by atoms with Crippen LogP contribution in [-0.4, -0.2) is 35.4 Å². The topological polar surface area (TPSA) is 83.8 Å². The minimum atomic E-state index is -1.52. The van der Waals surface area contributed by atoms with Gasteiger partial charge in [0, 0.05) is 6.42 Å². The zero-order valence-corrected chi connectivity index (χ0v) is 8.71. The molecule has 86 valence electrons. The maximum absolute atomic E-state index is 11.3. The first-order valence-corrected chi connectivity index (χ1v) is 4.63. The molecule has 0 radical (unpaired) electrons. The molecule has 2 N–H and O–H groups in total. The Labute approximate surface area is 92.3 Å². The summed E-state index contributed by atoms with van der Waals surface area (Å²) in [6.07, 6.45) is -1.65. The fourth-order valence-electron chi connectivity index (χ4n) is 1.30. The number of methoxy groups -OCH3 is 1. The molecule has 1 rings (SSSR count). The first-order chi connectivity index (χ1) is 7.56. The smallest absolute Gasteiger partial charge is 0.338 e. The maximum Gasteiger partial charge on any atom is 0.338 e. The molecule has 0 aliphatic heterocycles. The number of benzene rings is 1. The van der Waals surface area contributed by atoms with Crippen molar-refractivity contribution in [3.05, 3.63) is 35.4 Å². The lowest BCUT2D eigenvalue weighted by molar-refractivity contribution is -0.146. The molecule has 1 unspecified atom stereocenters. The van der Waals surface area contributed by atoms with Crippen LogP contribution >= 0.6 is 0 Å². The van der Waals surface area contributed by atoms with Crippen molar-refractivity contribution in [2.45, 2.75) is 12.5 Å². The van der Waals surface area contributed by atoms with Crippen molar-refractivity contribution in [1.82, 2.24) is 0 Å². The molecule has 0 bridgehead atoms. The Kier molecular flexibility index (Phi) is 4.02. The highest BCUT2D eigenvalue weighted by Crippen LogP contribution is 2.12. The first kappa shape index (κ1) is 12.2. The van der Waals surface area contributed by atoms with Gasteiger partial charge in [-0.15, -0.1) is 0 Å². The summed E-state index contributed by atoms with van der Waals surface area (Å²) in [5.74, 6) is -1.87. The first-order valence-electron chi connectivity index (χ1n) is 4.63. The van der Waals surface area contributed by atoms with Gasteiger partial charge in [-0.2, -0.15) is 0 Å². The number of aliphatic hydroxyl groups is 1. The average Bonchev–Trinajstić information content (AvgIpc) is 2.28. The van der Waals surface area contributed by atoms with E-state index in [1.165, 1.54) is 13.2 Å². The van der Waals surface area contributed by atoms with Crippen molar-refractivity contribution in [3.63, 3.8) is 0 Å². The van der Waals surface area contributed by atoms with Crippen LogP contribution in [0.25, 0.3) is 0 Å². The van der Waals surface area contributed by atoms with Crippen LogP contribution in [0.15, 0.2) is 24.3 Å². The third-order valence-electron chi connectivity index (χ3n) is 2.12. The molecule has 1 aromatic carbocycles. The third-order valence-corrected chi connectivity index (χ3v) is 2.12. The van der Waals surface area contributed by atoms with Crippen molar-refractivity contribution in [2.75, 3.05) is 7.11 Å².